The molecule has 0 aliphatic heterocycles. The maximum atomic E-state index is 8.62. The highest BCUT2D eigenvalue weighted by Crippen LogP contribution is 2.18. The second-order valence-corrected chi connectivity index (χ2v) is 3.51. The minimum absolute atomic E-state index is 0.776. The first-order chi connectivity index (χ1) is 8.65. The molecule has 2 rings (SSSR count). The van der Waals surface area contributed by atoms with Crippen LogP contribution in [0.25, 0.3) is 10.8 Å². The maximum absolute atomic E-state index is 8.62. The molecular formula is C14H14O4. The van der Waals surface area contributed by atoms with Crippen LogP contribution >= 0.6 is 0 Å². The van der Waals surface area contributed by atoms with E-state index in [4.69, 9.17) is 20.1 Å². The molecule has 4 heteroatoms. The molecule has 0 heterocycles. The van der Waals surface area contributed by atoms with Crippen molar-refractivity contribution in [1.29, 1.82) is 0 Å². The van der Waals surface area contributed by atoms with Crippen molar-refractivity contribution in [3.05, 3.63) is 60.4 Å². The Morgan fingerprint density at radius 2 is 1.67 bits per heavy atom. The van der Waals surface area contributed by atoms with Crippen molar-refractivity contribution >= 4 is 16.9 Å². The molecule has 0 radical (unpaired) electrons. The quantitative estimate of drug-likeness (QED) is 0.706. The van der Waals surface area contributed by atoms with Crippen LogP contribution in [0, 0.1) is 0 Å². The topological polar surface area (TPSA) is 77.8 Å². The first-order valence-corrected chi connectivity index (χ1v) is 5.33. The molecule has 18 heavy (non-hydrogen) atoms. The van der Waals surface area contributed by atoms with Crippen LogP contribution in [0.1, 0.15) is 5.56 Å². The van der Waals surface area contributed by atoms with E-state index in [1.54, 1.807) is 6.08 Å². The van der Waals surface area contributed by atoms with E-state index in [1.165, 1.54) is 16.3 Å². The Bertz CT molecular complexity index is 537. The number of hydrogen-bond acceptors (Lipinski definition) is 2. The lowest BCUT2D eigenvalue weighted by Gasteiger charge is -2.02. The molecule has 0 atom stereocenters. The fourth-order valence-electron chi connectivity index (χ4n) is 1.65. The Labute approximate surface area is 104 Å². The van der Waals surface area contributed by atoms with Crippen molar-refractivity contribution in [2.45, 2.75) is 6.42 Å². The van der Waals surface area contributed by atoms with Crippen molar-refractivity contribution in [1.82, 2.24) is 0 Å². The molecule has 0 aliphatic rings. The smallest absolute Gasteiger partial charge is 0.503 e. The van der Waals surface area contributed by atoms with Crippen molar-refractivity contribution in [3.63, 3.8) is 0 Å². The number of hydrogen-bond donors (Lipinski definition) is 3. The van der Waals surface area contributed by atoms with Crippen LogP contribution in [0.4, 0.5) is 4.79 Å². The van der Waals surface area contributed by atoms with E-state index in [0.29, 0.717) is 0 Å². The van der Waals surface area contributed by atoms with Gasteiger partial charge in [0.15, 0.2) is 0 Å². The average Bonchev–Trinajstić information content (AvgIpc) is 2.35. The number of benzene rings is 2. The molecule has 0 aromatic heterocycles. The van der Waals surface area contributed by atoms with E-state index in [-0.39, 0.29) is 0 Å². The van der Waals surface area contributed by atoms with E-state index in [0.717, 1.165) is 12.7 Å². The predicted molar refractivity (Wildman–Crippen MR) is 70.1 cm³/mol. The lowest BCUT2D eigenvalue weighted by molar-refractivity contribution is 0.137. The standard InChI is InChI=1S/C13H12O.CH2O3/c14-10-4-8-12-7-3-6-11-5-1-2-9-13(11)12;2-1(3)4/h1-7,9-10,14H,8H2;(H2,2,3,4). The molecule has 2 aromatic carbocycles. The fraction of sp³-hybridized carbons (Fsp3) is 0.0714. The van der Waals surface area contributed by atoms with Gasteiger partial charge >= 0.3 is 6.16 Å². The number of rotatable bonds is 2. The second-order valence-electron chi connectivity index (χ2n) is 3.51. The minimum Gasteiger partial charge on any atom is -0.516 e. The van der Waals surface area contributed by atoms with Gasteiger partial charge in [0.25, 0.3) is 0 Å². The van der Waals surface area contributed by atoms with Crippen molar-refractivity contribution in [2.24, 2.45) is 0 Å². The second kappa shape index (κ2) is 6.96. The summed E-state index contributed by atoms with van der Waals surface area (Å²) < 4.78 is 0. The van der Waals surface area contributed by atoms with Gasteiger partial charge in [-0.1, -0.05) is 42.5 Å². The van der Waals surface area contributed by atoms with E-state index >= 15 is 0 Å². The summed E-state index contributed by atoms with van der Waals surface area (Å²) in [7, 11) is 0. The normalized spacial score (nSPS) is 10.0. The van der Waals surface area contributed by atoms with Crippen LogP contribution in [-0.2, 0) is 6.42 Å². The molecule has 0 saturated carbocycles. The molecular weight excluding hydrogens is 232 g/mol. The first-order valence-electron chi connectivity index (χ1n) is 5.33. The largest absolute Gasteiger partial charge is 0.516 e. The SMILES string of the molecule is O=C(O)O.OC=CCc1cccc2ccccc12. The summed E-state index contributed by atoms with van der Waals surface area (Å²) in [5.41, 5.74) is 1.24. The van der Waals surface area contributed by atoms with Gasteiger partial charge in [0.2, 0.25) is 0 Å². The Morgan fingerprint density at radius 1 is 1.06 bits per heavy atom. The lowest BCUT2D eigenvalue weighted by atomic mass is 10.0. The number of fused-ring (bicyclic) bond motifs is 1. The molecule has 0 unspecified atom stereocenters. The van der Waals surface area contributed by atoms with Gasteiger partial charge in [-0.15, -0.1) is 0 Å². The third-order valence-corrected chi connectivity index (χ3v) is 2.32. The Morgan fingerprint density at radius 3 is 2.33 bits per heavy atom. The molecule has 2 aromatic rings. The van der Waals surface area contributed by atoms with E-state index in [2.05, 4.69) is 24.3 Å². The number of carboxylic acid groups (broad SMARTS) is 2. The molecule has 0 amide bonds. The van der Waals surface area contributed by atoms with Crippen molar-refractivity contribution in [3.8, 4) is 0 Å². The van der Waals surface area contributed by atoms with Crippen LogP contribution in [0.5, 0.6) is 0 Å². The number of allylic oxidation sites excluding steroid dienone is 1. The van der Waals surface area contributed by atoms with Gasteiger partial charge in [0, 0.05) is 0 Å². The predicted octanol–water partition coefficient (Wildman–Crippen LogP) is 3.68. The number of carbonyl (C=O) groups is 1. The molecule has 4 nitrogen and oxygen atoms in total. The molecule has 0 bridgehead atoms. The summed E-state index contributed by atoms with van der Waals surface area (Å²) in [4.78, 5) is 8.56. The molecule has 0 saturated heterocycles. The van der Waals surface area contributed by atoms with Crippen LogP contribution in [-0.4, -0.2) is 21.5 Å². The van der Waals surface area contributed by atoms with E-state index in [9.17, 15) is 0 Å². The average molecular weight is 246 g/mol. The monoisotopic (exact) mass is 246 g/mol. The minimum atomic E-state index is -1.83. The van der Waals surface area contributed by atoms with E-state index in [1.807, 2.05) is 18.2 Å². The van der Waals surface area contributed by atoms with Crippen molar-refractivity contribution in [2.75, 3.05) is 0 Å². The van der Waals surface area contributed by atoms with Crippen LogP contribution in [0.15, 0.2) is 54.8 Å². The summed E-state index contributed by atoms with van der Waals surface area (Å²) in [6.07, 6.45) is 1.79. The van der Waals surface area contributed by atoms with Gasteiger partial charge in [-0.2, -0.15) is 0 Å². The number of aliphatic hydroxyl groups excluding tert-OH is 1. The maximum Gasteiger partial charge on any atom is 0.503 e. The van der Waals surface area contributed by atoms with Crippen LogP contribution in [0.2, 0.25) is 0 Å². The van der Waals surface area contributed by atoms with Crippen molar-refractivity contribution < 1.29 is 20.1 Å². The Kier molecular flexibility index (Phi) is 5.25. The van der Waals surface area contributed by atoms with Gasteiger partial charge in [-0.3, -0.25) is 0 Å². The van der Waals surface area contributed by atoms with E-state index < -0.39 is 6.16 Å². The highest BCUT2D eigenvalue weighted by atomic mass is 16.6. The zero-order valence-corrected chi connectivity index (χ0v) is 9.65. The number of aliphatic hydroxyl groups is 1. The Balaban J connectivity index is 0.000000357. The van der Waals surface area contributed by atoms with Gasteiger partial charge in [0.1, 0.15) is 0 Å². The van der Waals surface area contributed by atoms with Crippen LogP contribution in [0.3, 0.4) is 0 Å². The summed E-state index contributed by atoms with van der Waals surface area (Å²) >= 11 is 0. The summed E-state index contributed by atoms with van der Waals surface area (Å²) in [5.74, 6) is 0. The summed E-state index contributed by atoms with van der Waals surface area (Å²) in [6, 6.07) is 14.5. The molecule has 0 fully saturated rings. The summed E-state index contributed by atoms with van der Waals surface area (Å²) in [6.45, 7) is 0. The zero-order valence-electron chi connectivity index (χ0n) is 9.65. The molecule has 94 valence electrons. The fourth-order valence-corrected chi connectivity index (χ4v) is 1.65. The van der Waals surface area contributed by atoms with Crippen LogP contribution < -0.4 is 0 Å². The third kappa shape index (κ3) is 4.17. The Hall–Kier alpha value is -2.49. The highest BCUT2D eigenvalue weighted by molar-refractivity contribution is 5.85. The van der Waals surface area contributed by atoms with Gasteiger partial charge in [-0.25, -0.2) is 4.79 Å². The zero-order chi connectivity index (χ0) is 13.4. The lowest BCUT2D eigenvalue weighted by Crippen LogP contribution is -1.83. The van der Waals surface area contributed by atoms with Gasteiger partial charge in [-0.05, 0) is 28.8 Å². The van der Waals surface area contributed by atoms with Gasteiger partial charge in [0.05, 0.1) is 6.26 Å². The highest BCUT2D eigenvalue weighted by Gasteiger charge is 1.97. The summed E-state index contributed by atoms with van der Waals surface area (Å²) in [5, 5.41) is 25.1. The molecule has 0 aliphatic carbocycles. The first kappa shape index (κ1) is 13.6. The molecule has 0 spiro atoms. The third-order valence-electron chi connectivity index (χ3n) is 2.32. The van der Waals surface area contributed by atoms with Gasteiger partial charge < -0.3 is 15.3 Å². The molecule has 3 N–H and O–H groups in total.